The van der Waals surface area contributed by atoms with Gasteiger partial charge in [-0.05, 0) is 59.7 Å². The van der Waals surface area contributed by atoms with Gasteiger partial charge < -0.3 is 15.8 Å². The summed E-state index contributed by atoms with van der Waals surface area (Å²) in [4.78, 5) is 16.7. The van der Waals surface area contributed by atoms with Gasteiger partial charge >= 0.3 is 0 Å². The van der Waals surface area contributed by atoms with Crippen LogP contribution in [0.4, 0.5) is 11.5 Å². The second kappa shape index (κ2) is 8.11. The summed E-state index contributed by atoms with van der Waals surface area (Å²) < 4.78 is 7.07. The van der Waals surface area contributed by atoms with Crippen LogP contribution in [0.2, 0.25) is 5.02 Å². The Labute approximate surface area is 177 Å². The zero-order valence-corrected chi connectivity index (χ0v) is 17.1. The Morgan fingerprint density at radius 1 is 1.21 bits per heavy atom. The number of rotatable bonds is 5. The van der Waals surface area contributed by atoms with Gasteiger partial charge in [0.05, 0.1) is 5.02 Å². The topological polar surface area (TPSA) is 77.2 Å². The number of aromatic nitrogens is 1. The quantitative estimate of drug-likeness (QED) is 0.417. The highest BCUT2D eigenvalue weighted by molar-refractivity contribution is 7.17. The van der Waals surface area contributed by atoms with Crippen LogP contribution in [-0.4, -0.2) is 10.9 Å². The fourth-order valence-electron chi connectivity index (χ4n) is 2.96. The lowest BCUT2D eigenvalue weighted by atomic mass is 10.1. The monoisotopic (exact) mass is 423 g/mol. The molecule has 0 aliphatic carbocycles. The van der Waals surface area contributed by atoms with E-state index in [1.165, 1.54) is 6.20 Å². The van der Waals surface area contributed by atoms with Gasteiger partial charge in [-0.1, -0.05) is 23.7 Å². The minimum atomic E-state index is -0.309. The molecule has 4 aromatic rings. The zero-order chi connectivity index (χ0) is 20.4. The van der Waals surface area contributed by atoms with E-state index in [0.29, 0.717) is 22.0 Å². The molecule has 0 aliphatic heterocycles. The number of hydrogen-bond acceptors (Lipinski definition) is 5. The maximum atomic E-state index is 12.7. The van der Waals surface area contributed by atoms with Crippen LogP contribution >= 0.6 is 22.9 Å². The summed E-state index contributed by atoms with van der Waals surface area (Å²) >= 11 is 7.62. The van der Waals surface area contributed by atoms with E-state index in [-0.39, 0.29) is 17.8 Å². The first-order valence-electron chi connectivity index (χ1n) is 8.96. The number of carbonyl (C=O) groups excluding carboxylic acids is 1. The number of carbonyl (C=O) groups is 1. The summed E-state index contributed by atoms with van der Waals surface area (Å²) in [7, 11) is 0. The molecule has 0 radical (unpaired) electrons. The number of benzene rings is 2. The van der Waals surface area contributed by atoms with Crippen molar-refractivity contribution in [3.8, 4) is 5.75 Å². The number of fused-ring (bicyclic) bond motifs is 1. The summed E-state index contributed by atoms with van der Waals surface area (Å²) in [6.07, 6.45) is 1.16. The molecule has 1 amide bonds. The molecule has 0 aliphatic rings. The van der Waals surface area contributed by atoms with Crippen molar-refractivity contribution in [1.82, 2.24) is 4.98 Å². The number of nitrogen functional groups attached to an aromatic ring is 1. The number of nitrogens with two attached hydrogens (primary N) is 1. The van der Waals surface area contributed by atoms with E-state index in [0.717, 1.165) is 15.6 Å². The number of nitrogens with zero attached hydrogens (tertiary/aromatic N) is 1. The summed E-state index contributed by atoms with van der Waals surface area (Å²) in [5.74, 6) is 0.533. The van der Waals surface area contributed by atoms with Crippen molar-refractivity contribution in [3.63, 3.8) is 0 Å². The molecule has 2 heterocycles. The largest absolute Gasteiger partial charge is 0.482 e. The molecule has 2 aromatic carbocycles. The van der Waals surface area contributed by atoms with Gasteiger partial charge in [0.1, 0.15) is 6.10 Å². The van der Waals surface area contributed by atoms with E-state index >= 15 is 0 Å². The molecular weight excluding hydrogens is 406 g/mol. The third kappa shape index (κ3) is 4.34. The molecule has 146 valence electrons. The van der Waals surface area contributed by atoms with Gasteiger partial charge in [-0.3, -0.25) is 4.79 Å². The Kier molecular flexibility index (Phi) is 5.38. The first-order chi connectivity index (χ1) is 14.0. The number of halogens is 1. The molecule has 29 heavy (non-hydrogen) atoms. The Morgan fingerprint density at radius 2 is 2.07 bits per heavy atom. The zero-order valence-electron chi connectivity index (χ0n) is 15.6. The average molecular weight is 424 g/mol. The molecule has 1 atom stereocenters. The minimum absolute atomic E-state index is 0.160. The van der Waals surface area contributed by atoms with E-state index in [2.05, 4.69) is 10.3 Å². The molecule has 3 N–H and O–H groups in total. The molecule has 0 unspecified atom stereocenters. The van der Waals surface area contributed by atoms with Gasteiger partial charge in [0.15, 0.2) is 11.6 Å². The third-order valence-corrected chi connectivity index (χ3v) is 5.59. The van der Waals surface area contributed by atoms with E-state index < -0.39 is 0 Å². The molecule has 0 saturated heterocycles. The normalized spacial score (nSPS) is 11.9. The van der Waals surface area contributed by atoms with Gasteiger partial charge in [0, 0.05) is 28.2 Å². The molecule has 0 spiro atoms. The van der Waals surface area contributed by atoms with Crippen molar-refractivity contribution >= 4 is 50.4 Å². The number of hydrogen-bond donors (Lipinski definition) is 2. The highest BCUT2D eigenvalue weighted by Gasteiger charge is 2.13. The van der Waals surface area contributed by atoms with Gasteiger partial charge in [0.2, 0.25) is 0 Å². The summed E-state index contributed by atoms with van der Waals surface area (Å²) in [5.41, 5.74) is 8.04. The van der Waals surface area contributed by atoms with Gasteiger partial charge in [-0.15, -0.1) is 11.3 Å². The lowest BCUT2D eigenvalue weighted by molar-refractivity contribution is 0.102. The number of amides is 1. The Morgan fingerprint density at radius 3 is 2.93 bits per heavy atom. The number of thiophene rings is 1. The second-order valence-electron chi connectivity index (χ2n) is 6.55. The Hall–Kier alpha value is -3.09. The Balaban J connectivity index is 1.50. The molecule has 7 heteroatoms. The van der Waals surface area contributed by atoms with Crippen molar-refractivity contribution in [2.24, 2.45) is 0 Å². The molecule has 5 nitrogen and oxygen atoms in total. The van der Waals surface area contributed by atoms with E-state index in [1.807, 2.05) is 60.8 Å². The molecule has 2 aromatic heterocycles. The van der Waals surface area contributed by atoms with Gasteiger partial charge in [-0.2, -0.15) is 0 Å². The number of anilines is 2. The van der Waals surface area contributed by atoms with Crippen LogP contribution in [0.5, 0.6) is 5.75 Å². The van der Waals surface area contributed by atoms with Crippen molar-refractivity contribution < 1.29 is 9.53 Å². The summed E-state index contributed by atoms with van der Waals surface area (Å²) in [5, 5.41) is 6.47. The lowest BCUT2D eigenvalue weighted by Gasteiger charge is -2.17. The maximum absolute atomic E-state index is 12.7. The van der Waals surface area contributed by atoms with Crippen LogP contribution in [0.15, 0.2) is 66.2 Å². The highest BCUT2D eigenvalue weighted by Crippen LogP contribution is 2.29. The SMILES string of the molecule is C[C@@H](Oc1cc(Cl)cnc1N)c1cccc(NC(=O)c2ccc3sccc3c2)c1. The van der Waals surface area contributed by atoms with Crippen LogP contribution in [0.1, 0.15) is 28.9 Å². The van der Waals surface area contributed by atoms with Crippen molar-refractivity contribution in [2.75, 3.05) is 11.1 Å². The van der Waals surface area contributed by atoms with Crippen LogP contribution in [0, 0.1) is 0 Å². The second-order valence-corrected chi connectivity index (χ2v) is 7.93. The molecular formula is C22H18ClN3O2S. The van der Waals surface area contributed by atoms with E-state index in [4.69, 9.17) is 22.1 Å². The molecule has 0 saturated carbocycles. The number of ether oxygens (including phenoxy) is 1. The minimum Gasteiger partial charge on any atom is -0.482 e. The van der Waals surface area contributed by atoms with E-state index in [9.17, 15) is 4.79 Å². The Bertz CT molecular complexity index is 1190. The fraction of sp³-hybridized carbons (Fsp3) is 0.0909. The third-order valence-electron chi connectivity index (χ3n) is 4.48. The molecule has 0 bridgehead atoms. The van der Waals surface area contributed by atoms with Gasteiger partial charge in [0.25, 0.3) is 5.91 Å². The first kappa shape index (κ1) is 19.2. The fourth-order valence-corrected chi connectivity index (χ4v) is 3.88. The van der Waals surface area contributed by atoms with Crippen LogP contribution in [-0.2, 0) is 0 Å². The highest BCUT2D eigenvalue weighted by atomic mass is 35.5. The van der Waals surface area contributed by atoms with Crippen molar-refractivity contribution in [2.45, 2.75) is 13.0 Å². The van der Waals surface area contributed by atoms with Crippen LogP contribution in [0.3, 0.4) is 0 Å². The predicted octanol–water partition coefficient (Wildman–Crippen LogP) is 5.92. The molecule has 0 fully saturated rings. The predicted molar refractivity (Wildman–Crippen MR) is 119 cm³/mol. The average Bonchev–Trinajstić information content (AvgIpc) is 3.18. The molecule has 4 rings (SSSR count). The van der Waals surface area contributed by atoms with Crippen molar-refractivity contribution in [3.05, 3.63) is 82.3 Å². The summed E-state index contributed by atoms with van der Waals surface area (Å²) in [6, 6.07) is 16.8. The van der Waals surface area contributed by atoms with Gasteiger partial charge in [-0.25, -0.2) is 4.98 Å². The number of nitrogens with one attached hydrogen (secondary N) is 1. The standard InChI is InChI=1S/C22H18ClN3O2S/c1-13(28-19-11-17(23)12-25-21(19)24)14-3-2-4-18(10-14)26-22(27)16-5-6-20-15(9-16)7-8-29-20/h2-13H,1H3,(H2,24,25)(H,26,27)/t13-/m1/s1. The number of pyridine rings is 1. The lowest BCUT2D eigenvalue weighted by Crippen LogP contribution is -2.12. The van der Waals surface area contributed by atoms with Crippen LogP contribution < -0.4 is 15.8 Å². The van der Waals surface area contributed by atoms with Crippen LogP contribution in [0.25, 0.3) is 10.1 Å². The maximum Gasteiger partial charge on any atom is 0.255 e. The van der Waals surface area contributed by atoms with Crippen molar-refractivity contribution in [1.29, 1.82) is 0 Å². The summed E-state index contributed by atoms with van der Waals surface area (Å²) in [6.45, 7) is 1.89. The first-order valence-corrected chi connectivity index (χ1v) is 10.2. The smallest absolute Gasteiger partial charge is 0.255 e. The van der Waals surface area contributed by atoms with E-state index in [1.54, 1.807) is 17.4 Å².